The number of pyridine rings is 1. The van der Waals surface area contributed by atoms with E-state index in [1.54, 1.807) is 18.5 Å². The Morgan fingerprint density at radius 1 is 1.27 bits per heavy atom. The zero-order valence-corrected chi connectivity index (χ0v) is 26.1. The van der Waals surface area contributed by atoms with Crippen molar-refractivity contribution in [3.8, 4) is 5.75 Å². The lowest BCUT2D eigenvalue weighted by Crippen LogP contribution is -2.37. The standard InChI is InChI=1S/C31H38ClF3N6O4/c1-19(31(33,34)35)11-23(17-40-9-7-25(42)8-10-40)29(45-4)20(2)39-30(43)22-5-6-27(32)28(14-22)41(37)18-24(36)12-21-13-26(44-3)16-38-15-21/h5-6,11,13-16,18,25,42H,2,7-10,12,17,36-37H2,1,3-4H3,(H,39,43)/b19-11+,24-18-,29-23-. The monoisotopic (exact) mass is 650 g/mol. The van der Waals surface area contributed by atoms with Gasteiger partial charge in [-0.25, -0.2) is 5.84 Å². The summed E-state index contributed by atoms with van der Waals surface area (Å²) in [6, 6.07) is 6.15. The van der Waals surface area contributed by atoms with E-state index >= 15 is 0 Å². The molecule has 2 heterocycles. The van der Waals surface area contributed by atoms with Gasteiger partial charge in [0.15, 0.2) is 0 Å². The van der Waals surface area contributed by atoms with Crippen LogP contribution < -0.4 is 26.6 Å². The summed E-state index contributed by atoms with van der Waals surface area (Å²) in [5.74, 6) is 6.15. The Balaban J connectivity index is 1.83. The van der Waals surface area contributed by atoms with Gasteiger partial charge < -0.3 is 25.6 Å². The zero-order valence-electron chi connectivity index (χ0n) is 25.3. The molecule has 1 fully saturated rings. The largest absolute Gasteiger partial charge is 0.495 e. The molecule has 45 heavy (non-hydrogen) atoms. The number of methoxy groups -OCH3 is 2. The van der Waals surface area contributed by atoms with E-state index < -0.39 is 23.8 Å². The van der Waals surface area contributed by atoms with Crippen molar-refractivity contribution in [3.63, 3.8) is 0 Å². The van der Waals surface area contributed by atoms with Gasteiger partial charge in [-0.05, 0) is 55.7 Å². The number of carbonyl (C=O) groups is 1. The highest BCUT2D eigenvalue weighted by atomic mass is 35.5. The molecular formula is C31H38ClF3N6O4. The molecule has 0 bridgehead atoms. The second-order valence-corrected chi connectivity index (χ2v) is 10.9. The quantitative estimate of drug-likeness (QED) is 0.113. The van der Waals surface area contributed by atoms with Gasteiger partial charge in [0.1, 0.15) is 11.5 Å². The predicted octanol–water partition coefficient (Wildman–Crippen LogP) is 4.58. The summed E-state index contributed by atoms with van der Waals surface area (Å²) in [5.41, 5.74) is 7.04. The number of anilines is 1. The van der Waals surface area contributed by atoms with Gasteiger partial charge in [0.25, 0.3) is 5.91 Å². The average Bonchev–Trinajstić information content (AvgIpc) is 2.98. The summed E-state index contributed by atoms with van der Waals surface area (Å²) < 4.78 is 51.1. The molecule has 0 unspecified atom stereocenters. The van der Waals surface area contributed by atoms with Crippen molar-refractivity contribution in [1.82, 2.24) is 15.2 Å². The number of alkyl halides is 3. The minimum absolute atomic E-state index is 0.0181. The molecule has 1 aliphatic heterocycles. The Labute approximate surface area is 265 Å². The Morgan fingerprint density at radius 2 is 1.96 bits per heavy atom. The molecule has 0 aliphatic carbocycles. The van der Waals surface area contributed by atoms with Crippen LogP contribution in [0, 0.1) is 0 Å². The first kappa shape index (κ1) is 35.4. The topological polar surface area (TPSA) is 139 Å². The van der Waals surface area contributed by atoms with E-state index in [0.717, 1.165) is 18.6 Å². The number of hydrogen-bond acceptors (Lipinski definition) is 9. The fourth-order valence-corrected chi connectivity index (χ4v) is 4.83. The second kappa shape index (κ2) is 15.8. The van der Waals surface area contributed by atoms with Gasteiger partial charge in [-0.15, -0.1) is 0 Å². The number of nitrogens with one attached hydrogen (secondary N) is 1. The minimum Gasteiger partial charge on any atom is -0.495 e. The fraction of sp³-hybridized carbons (Fsp3) is 0.355. The summed E-state index contributed by atoms with van der Waals surface area (Å²) in [6.07, 6.45) is 1.91. The molecular weight excluding hydrogens is 613 g/mol. The number of benzene rings is 1. The first-order valence-corrected chi connectivity index (χ1v) is 14.3. The van der Waals surface area contributed by atoms with Gasteiger partial charge in [-0.2, -0.15) is 13.2 Å². The third-order valence-corrected chi connectivity index (χ3v) is 7.35. The Kier molecular flexibility index (Phi) is 12.4. The molecule has 10 nitrogen and oxygen atoms in total. The number of carbonyl (C=O) groups excluding carboxylic acids is 1. The van der Waals surface area contributed by atoms with E-state index in [-0.39, 0.29) is 39.8 Å². The number of piperidine rings is 1. The molecule has 1 amide bonds. The number of aliphatic hydroxyl groups is 1. The number of ether oxygens (including phenoxy) is 2. The van der Waals surface area contributed by atoms with E-state index in [0.29, 0.717) is 43.8 Å². The zero-order chi connectivity index (χ0) is 33.3. The van der Waals surface area contributed by atoms with Crippen LogP contribution in [0.1, 0.15) is 35.7 Å². The highest BCUT2D eigenvalue weighted by molar-refractivity contribution is 6.33. The molecule has 0 saturated carbocycles. The lowest BCUT2D eigenvalue weighted by atomic mass is 10.0. The number of amides is 1. The van der Waals surface area contributed by atoms with Crippen molar-refractivity contribution in [1.29, 1.82) is 0 Å². The lowest BCUT2D eigenvalue weighted by Gasteiger charge is -2.30. The minimum atomic E-state index is -4.57. The molecule has 1 aromatic carbocycles. The van der Waals surface area contributed by atoms with Crippen LogP contribution in [0.5, 0.6) is 5.75 Å². The molecule has 0 radical (unpaired) electrons. The molecule has 244 valence electrons. The number of nitrogens with two attached hydrogens (primary N) is 2. The highest BCUT2D eigenvalue weighted by Crippen LogP contribution is 2.29. The van der Waals surface area contributed by atoms with Crippen LogP contribution in [0.3, 0.4) is 0 Å². The van der Waals surface area contributed by atoms with Crippen molar-refractivity contribution in [2.24, 2.45) is 11.6 Å². The van der Waals surface area contributed by atoms with E-state index in [9.17, 15) is 23.1 Å². The number of nitrogens with zero attached hydrogens (tertiary/aromatic N) is 3. The van der Waals surface area contributed by atoms with Crippen LogP contribution in [-0.4, -0.2) is 67.0 Å². The maximum atomic E-state index is 13.5. The summed E-state index contributed by atoms with van der Waals surface area (Å²) in [5, 5.41) is 13.9. The van der Waals surface area contributed by atoms with Gasteiger partial charge in [0.05, 0.1) is 42.9 Å². The molecule has 6 N–H and O–H groups in total. The summed E-state index contributed by atoms with van der Waals surface area (Å²) >= 11 is 6.37. The van der Waals surface area contributed by atoms with Crippen LogP contribution in [0.4, 0.5) is 18.9 Å². The van der Waals surface area contributed by atoms with E-state index in [2.05, 4.69) is 16.9 Å². The molecule has 1 aromatic heterocycles. The number of halogens is 4. The Morgan fingerprint density at radius 3 is 2.58 bits per heavy atom. The van der Waals surface area contributed by atoms with Crippen molar-refractivity contribution in [2.75, 3.05) is 38.9 Å². The molecule has 3 rings (SSSR count). The van der Waals surface area contributed by atoms with Crippen LogP contribution in [0.25, 0.3) is 0 Å². The van der Waals surface area contributed by atoms with Crippen molar-refractivity contribution in [3.05, 3.63) is 100.0 Å². The number of aliphatic hydroxyl groups excluding tert-OH is 1. The van der Waals surface area contributed by atoms with E-state index in [4.69, 9.17) is 32.7 Å². The number of likely N-dealkylation sites (tertiary alicyclic amines) is 1. The summed E-state index contributed by atoms with van der Waals surface area (Å²) in [7, 11) is 2.82. The molecule has 14 heteroatoms. The van der Waals surface area contributed by atoms with Crippen molar-refractivity contribution < 1.29 is 32.5 Å². The van der Waals surface area contributed by atoms with Crippen LogP contribution in [0.15, 0.2) is 83.8 Å². The maximum absolute atomic E-state index is 13.5. The molecule has 0 atom stereocenters. The molecule has 1 aliphatic rings. The second-order valence-electron chi connectivity index (χ2n) is 10.5. The smallest absolute Gasteiger partial charge is 0.412 e. The van der Waals surface area contributed by atoms with Crippen LogP contribution in [-0.2, 0) is 11.2 Å². The van der Waals surface area contributed by atoms with Gasteiger partial charge >= 0.3 is 6.18 Å². The maximum Gasteiger partial charge on any atom is 0.412 e. The summed E-state index contributed by atoms with van der Waals surface area (Å²) in [4.78, 5) is 19.3. The van der Waals surface area contributed by atoms with Gasteiger partial charge in [-0.1, -0.05) is 18.2 Å². The average molecular weight is 651 g/mol. The third-order valence-electron chi connectivity index (χ3n) is 7.03. The normalized spacial score (nSPS) is 15.8. The molecule has 0 spiro atoms. The SMILES string of the molecule is C=C(NC(=O)c1ccc(Cl)c(N(N)/C=C(\N)Cc2cncc(OC)c2)c1)/C(OC)=C(\C=C(/C)C(F)(F)F)CN1CCC(O)CC1. The number of allylic oxidation sites excluding steroid dienone is 2. The predicted molar refractivity (Wildman–Crippen MR) is 167 cm³/mol. The molecule has 2 aromatic rings. The fourth-order valence-electron chi connectivity index (χ4n) is 4.61. The molecule has 1 saturated heterocycles. The third kappa shape index (κ3) is 10.2. The van der Waals surface area contributed by atoms with Crippen LogP contribution >= 0.6 is 11.6 Å². The Hall–Kier alpha value is -4.04. The number of hydrazine groups is 1. The summed E-state index contributed by atoms with van der Waals surface area (Å²) in [6.45, 7) is 5.88. The van der Waals surface area contributed by atoms with E-state index in [1.165, 1.54) is 43.6 Å². The van der Waals surface area contributed by atoms with Gasteiger partial charge in [-0.3, -0.25) is 19.7 Å². The number of aromatic nitrogens is 1. The van der Waals surface area contributed by atoms with Crippen LogP contribution in [0.2, 0.25) is 5.02 Å². The van der Waals surface area contributed by atoms with Gasteiger partial charge in [0.2, 0.25) is 0 Å². The Bertz CT molecular complexity index is 1470. The van der Waals surface area contributed by atoms with Crippen molar-refractivity contribution in [2.45, 2.75) is 38.5 Å². The highest BCUT2D eigenvalue weighted by Gasteiger charge is 2.31. The first-order chi connectivity index (χ1) is 21.2. The van der Waals surface area contributed by atoms with E-state index in [1.807, 2.05) is 4.90 Å². The number of rotatable bonds is 12. The lowest BCUT2D eigenvalue weighted by molar-refractivity contribution is -0.0914. The van der Waals surface area contributed by atoms with Crippen molar-refractivity contribution >= 4 is 23.2 Å². The number of hydrogen-bond donors (Lipinski definition) is 4. The first-order valence-electron chi connectivity index (χ1n) is 13.9. The van der Waals surface area contributed by atoms with Gasteiger partial charge in [0, 0.05) is 60.9 Å².